The normalized spacial score (nSPS) is 9.92. The Morgan fingerprint density at radius 2 is 1.58 bits per heavy atom. The first-order valence-electron chi connectivity index (χ1n) is 4.85. The van der Waals surface area contributed by atoms with Gasteiger partial charge in [-0.05, 0) is 12.8 Å². The summed E-state index contributed by atoms with van der Waals surface area (Å²) >= 11 is 8.16. The lowest BCUT2D eigenvalue weighted by Crippen LogP contribution is -1.77. The molecule has 2 heteroatoms. The van der Waals surface area contributed by atoms with Crippen molar-refractivity contribution in [2.75, 3.05) is 0 Å². The summed E-state index contributed by atoms with van der Waals surface area (Å²) < 4.78 is 0.851. The molecule has 0 rings (SSSR count). The minimum absolute atomic E-state index is 0.851. The van der Waals surface area contributed by atoms with Gasteiger partial charge in [0.15, 0.2) is 0 Å². The molecule has 0 aliphatic rings. The van der Waals surface area contributed by atoms with Crippen LogP contribution in [0, 0.1) is 0 Å². The van der Waals surface area contributed by atoms with Crippen LogP contribution in [0.3, 0.4) is 0 Å². The Kier molecular flexibility index (Phi) is 9.88. The second-order valence-corrected chi connectivity index (χ2v) is 4.44. The van der Waals surface area contributed by atoms with Crippen LogP contribution in [0.5, 0.6) is 0 Å². The molecule has 0 fully saturated rings. The zero-order valence-electron chi connectivity index (χ0n) is 7.92. The molecule has 0 N–H and O–H groups in total. The second-order valence-electron chi connectivity index (χ2n) is 3.12. The van der Waals surface area contributed by atoms with Gasteiger partial charge in [0.25, 0.3) is 0 Å². The summed E-state index contributed by atoms with van der Waals surface area (Å²) in [6, 6.07) is 0. The van der Waals surface area contributed by atoms with Gasteiger partial charge in [0, 0.05) is 4.24 Å². The second kappa shape index (κ2) is 9.53. The van der Waals surface area contributed by atoms with E-state index in [1.807, 2.05) is 0 Å². The number of hydrogen-bond acceptors (Lipinski definition) is 2. The van der Waals surface area contributed by atoms with Crippen LogP contribution in [-0.4, -0.2) is 0 Å². The summed E-state index contributed by atoms with van der Waals surface area (Å²) in [5.41, 5.74) is 0. The topological polar surface area (TPSA) is 0 Å². The molecule has 72 valence electrons. The van der Waals surface area contributed by atoms with Crippen molar-refractivity contribution in [2.45, 2.75) is 51.9 Å². The Balaban J connectivity index is 2.96. The highest BCUT2D eigenvalue weighted by Crippen LogP contribution is 2.11. The van der Waals surface area contributed by atoms with Crippen molar-refractivity contribution in [3.05, 3.63) is 10.3 Å². The third-order valence-corrected chi connectivity index (χ3v) is 2.25. The van der Waals surface area contributed by atoms with E-state index in [0.29, 0.717) is 0 Å². The summed E-state index contributed by atoms with van der Waals surface area (Å²) in [7, 11) is 0. The number of thiol groups is 2. The first-order valence-corrected chi connectivity index (χ1v) is 5.75. The number of allylic oxidation sites excluding steroid dienone is 1. The van der Waals surface area contributed by atoms with Gasteiger partial charge < -0.3 is 0 Å². The maximum Gasteiger partial charge on any atom is 0.0299 e. The molecule has 0 radical (unpaired) electrons. The van der Waals surface area contributed by atoms with E-state index < -0.39 is 0 Å². The summed E-state index contributed by atoms with van der Waals surface area (Å²) in [6.07, 6.45) is 11.3. The van der Waals surface area contributed by atoms with Gasteiger partial charge in [-0.15, -0.1) is 25.3 Å². The van der Waals surface area contributed by atoms with E-state index in [-0.39, 0.29) is 0 Å². The molecule has 0 amide bonds. The molecule has 0 spiro atoms. The molecule has 0 bridgehead atoms. The molecule has 0 aliphatic carbocycles. The molecule has 0 aromatic rings. The summed E-state index contributed by atoms with van der Waals surface area (Å²) in [4.78, 5) is 0. The van der Waals surface area contributed by atoms with E-state index in [1.54, 1.807) is 0 Å². The van der Waals surface area contributed by atoms with Gasteiger partial charge in [-0.2, -0.15) is 0 Å². The Labute approximate surface area is 87.6 Å². The molecule has 0 heterocycles. The van der Waals surface area contributed by atoms with E-state index in [9.17, 15) is 0 Å². The summed E-state index contributed by atoms with van der Waals surface area (Å²) in [6.45, 7) is 2.25. The quantitative estimate of drug-likeness (QED) is 0.444. The third kappa shape index (κ3) is 10.4. The molecular formula is C10H20S2. The SMILES string of the molecule is CCCCCCCCC=C(S)S. The average molecular weight is 204 g/mol. The van der Waals surface area contributed by atoms with E-state index >= 15 is 0 Å². The smallest absolute Gasteiger partial charge is 0.0299 e. The molecule has 0 aliphatic heterocycles. The number of unbranched alkanes of at least 4 members (excludes halogenated alkanes) is 6. The van der Waals surface area contributed by atoms with Crippen LogP contribution in [0.25, 0.3) is 0 Å². The minimum atomic E-state index is 0.851. The first-order chi connectivity index (χ1) is 5.77. The highest BCUT2D eigenvalue weighted by Gasteiger charge is 1.88. The van der Waals surface area contributed by atoms with Crippen molar-refractivity contribution >= 4 is 25.3 Å². The van der Waals surface area contributed by atoms with E-state index in [4.69, 9.17) is 0 Å². The predicted octanol–water partition coefficient (Wildman–Crippen LogP) is 4.44. The van der Waals surface area contributed by atoms with Crippen molar-refractivity contribution in [3.8, 4) is 0 Å². The van der Waals surface area contributed by atoms with Crippen molar-refractivity contribution < 1.29 is 0 Å². The Bertz CT molecular complexity index is 115. The molecule has 0 saturated carbocycles. The van der Waals surface area contributed by atoms with Crippen LogP contribution >= 0.6 is 25.3 Å². The average Bonchev–Trinajstić information content (AvgIpc) is 2.02. The van der Waals surface area contributed by atoms with Gasteiger partial charge in [0.1, 0.15) is 0 Å². The largest absolute Gasteiger partial charge is 0.137 e. The molecule has 12 heavy (non-hydrogen) atoms. The van der Waals surface area contributed by atoms with Crippen LogP contribution in [0.4, 0.5) is 0 Å². The van der Waals surface area contributed by atoms with E-state index in [0.717, 1.165) is 10.7 Å². The highest BCUT2D eigenvalue weighted by atomic mass is 32.2. The first kappa shape index (κ1) is 12.4. The zero-order valence-corrected chi connectivity index (χ0v) is 9.71. The number of rotatable bonds is 7. The van der Waals surface area contributed by atoms with Crippen LogP contribution in [0.15, 0.2) is 10.3 Å². The van der Waals surface area contributed by atoms with Crippen LogP contribution < -0.4 is 0 Å². The molecule has 0 unspecified atom stereocenters. The molecule has 0 aromatic carbocycles. The lowest BCUT2D eigenvalue weighted by atomic mass is 10.1. The maximum absolute atomic E-state index is 4.08. The molecule has 0 aromatic heterocycles. The van der Waals surface area contributed by atoms with Gasteiger partial charge in [-0.1, -0.05) is 45.1 Å². The Morgan fingerprint density at radius 3 is 2.17 bits per heavy atom. The van der Waals surface area contributed by atoms with Gasteiger partial charge in [-0.25, -0.2) is 0 Å². The Morgan fingerprint density at radius 1 is 1.00 bits per heavy atom. The molecular weight excluding hydrogens is 184 g/mol. The Hall–Kier alpha value is 0.440. The van der Waals surface area contributed by atoms with Crippen LogP contribution in [0.1, 0.15) is 51.9 Å². The van der Waals surface area contributed by atoms with Crippen LogP contribution in [0.2, 0.25) is 0 Å². The fourth-order valence-corrected chi connectivity index (χ4v) is 1.41. The third-order valence-electron chi connectivity index (χ3n) is 1.88. The van der Waals surface area contributed by atoms with Gasteiger partial charge in [0.05, 0.1) is 0 Å². The van der Waals surface area contributed by atoms with Gasteiger partial charge in [0.2, 0.25) is 0 Å². The zero-order chi connectivity index (χ0) is 9.23. The molecule has 0 saturated heterocycles. The van der Waals surface area contributed by atoms with Crippen molar-refractivity contribution in [1.29, 1.82) is 0 Å². The molecule has 0 nitrogen and oxygen atoms in total. The lowest BCUT2D eigenvalue weighted by molar-refractivity contribution is 0.611. The fourth-order valence-electron chi connectivity index (χ4n) is 1.16. The van der Waals surface area contributed by atoms with Gasteiger partial charge >= 0.3 is 0 Å². The lowest BCUT2D eigenvalue weighted by Gasteiger charge is -1.97. The van der Waals surface area contributed by atoms with Crippen molar-refractivity contribution in [3.63, 3.8) is 0 Å². The molecule has 0 atom stereocenters. The summed E-state index contributed by atoms with van der Waals surface area (Å²) in [5, 5.41) is 0. The fraction of sp³-hybridized carbons (Fsp3) is 0.800. The van der Waals surface area contributed by atoms with Crippen molar-refractivity contribution in [2.24, 2.45) is 0 Å². The maximum atomic E-state index is 4.08. The van der Waals surface area contributed by atoms with Gasteiger partial charge in [-0.3, -0.25) is 0 Å². The van der Waals surface area contributed by atoms with E-state index in [1.165, 1.54) is 38.5 Å². The highest BCUT2D eigenvalue weighted by molar-refractivity contribution is 8.04. The predicted molar refractivity (Wildman–Crippen MR) is 64.0 cm³/mol. The monoisotopic (exact) mass is 204 g/mol. The van der Waals surface area contributed by atoms with Crippen molar-refractivity contribution in [1.82, 2.24) is 0 Å². The number of hydrogen-bond donors (Lipinski definition) is 2. The minimum Gasteiger partial charge on any atom is -0.137 e. The standard InChI is InChI=1S/C10H20S2/c1-2-3-4-5-6-7-8-9-10(11)12/h9,11-12H,2-8H2,1H3. The summed E-state index contributed by atoms with van der Waals surface area (Å²) in [5.74, 6) is 0. The van der Waals surface area contributed by atoms with E-state index in [2.05, 4.69) is 38.3 Å². The van der Waals surface area contributed by atoms with Crippen LogP contribution in [-0.2, 0) is 0 Å².